The summed E-state index contributed by atoms with van der Waals surface area (Å²) in [5.74, 6) is -1.32. The van der Waals surface area contributed by atoms with E-state index >= 15 is 0 Å². The molecular formula is C20H21ClN2O4. The molecule has 0 spiro atoms. The molecule has 27 heavy (non-hydrogen) atoms. The summed E-state index contributed by atoms with van der Waals surface area (Å²) >= 11 is 5.88. The van der Waals surface area contributed by atoms with Crippen LogP contribution in [-0.4, -0.2) is 23.9 Å². The van der Waals surface area contributed by atoms with Gasteiger partial charge in [-0.25, -0.2) is 0 Å². The molecule has 0 heterocycles. The minimum absolute atomic E-state index is 0.0849. The summed E-state index contributed by atoms with van der Waals surface area (Å²) in [6.45, 7) is 2.86. The molecule has 0 saturated heterocycles. The number of nitrogens with one attached hydrogen (secondary N) is 2. The van der Waals surface area contributed by atoms with Crippen LogP contribution >= 0.6 is 11.6 Å². The molecule has 2 aromatic carbocycles. The lowest BCUT2D eigenvalue weighted by atomic mass is 10.0. The average molecular weight is 389 g/mol. The Morgan fingerprint density at radius 3 is 2.41 bits per heavy atom. The highest BCUT2D eigenvalue weighted by Crippen LogP contribution is 2.18. The molecule has 2 N–H and O–H groups in total. The number of hydrogen-bond donors (Lipinski definition) is 2. The average Bonchev–Trinajstić information content (AvgIpc) is 2.61. The van der Waals surface area contributed by atoms with Gasteiger partial charge >= 0.3 is 5.97 Å². The Hall–Kier alpha value is -2.86. The Morgan fingerprint density at radius 1 is 1.07 bits per heavy atom. The summed E-state index contributed by atoms with van der Waals surface area (Å²) in [7, 11) is 0. The van der Waals surface area contributed by atoms with Crippen LogP contribution in [0.5, 0.6) is 0 Å². The van der Waals surface area contributed by atoms with E-state index in [0.29, 0.717) is 10.7 Å². The quantitative estimate of drug-likeness (QED) is 0.711. The molecule has 0 unspecified atom stereocenters. The maximum Gasteiger partial charge on any atom is 0.309 e. The summed E-state index contributed by atoms with van der Waals surface area (Å²) < 4.78 is 5.21. The highest BCUT2D eigenvalue weighted by Gasteiger charge is 2.22. The number of benzene rings is 2. The smallest absolute Gasteiger partial charge is 0.309 e. The first kappa shape index (κ1) is 20.5. The third kappa shape index (κ3) is 6.75. The standard InChI is InChI=1S/C20H21ClN2O4/c1-13(20(26)23-17-10-6-9-16(21)11-17)27-19(25)12-18(22-14(2)24)15-7-4-3-5-8-15/h3-11,13,18H,12H2,1-2H3,(H,22,24)(H,23,26)/t13-,18+/m0/s1. The fraction of sp³-hybridized carbons (Fsp3) is 0.250. The molecule has 0 aliphatic carbocycles. The van der Waals surface area contributed by atoms with Crippen molar-refractivity contribution in [3.63, 3.8) is 0 Å². The molecule has 0 radical (unpaired) electrons. The Bertz CT molecular complexity index is 811. The Kier molecular flexibility index (Phi) is 7.37. The molecule has 2 rings (SSSR count). The summed E-state index contributed by atoms with van der Waals surface area (Å²) in [4.78, 5) is 35.9. The van der Waals surface area contributed by atoms with E-state index in [9.17, 15) is 14.4 Å². The monoisotopic (exact) mass is 388 g/mol. The number of halogens is 1. The van der Waals surface area contributed by atoms with E-state index in [1.54, 1.807) is 24.3 Å². The molecular weight excluding hydrogens is 368 g/mol. The van der Waals surface area contributed by atoms with Gasteiger partial charge in [0, 0.05) is 17.6 Å². The maximum absolute atomic E-state index is 12.3. The highest BCUT2D eigenvalue weighted by molar-refractivity contribution is 6.30. The molecule has 0 saturated carbocycles. The number of ether oxygens (including phenoxy) is 1. The zero-order chi connectivity index (χ0) is 19.8. The van der Waals surface area contributed by atoms with Crippen molar-refractivity contribution in [3.05, 3.63) is 65.2 Å². The van der Waals surface area contributed by atoms with Gasteiger partial charge in [0.2, 0.25) is 5.91 Å². The fourth-order valence-corrected chi connectivity index (χ4v) is 2.65. The van der Waals surface area contributed by atoms with Gasteiger partial charge in [-0.2, -0.15) is 0 Å². The van der Waals surface area contributed by atoms with Gasteiger partial charge in [0.15, 0.2) is 6.10 Å². The molecule has 142 valence electrons. The van der Waals surface area contributed by atoms with Gasteiger partial charge in [-0.05, 0) is 30.7 Å². The first-order valence-electron chi connectivity index (χ1n) is 8.43. The van der Waals surface area contributed by atoms with Crippen molar-refractivity contribution in [2.24, 2.45) is 0 Å². The van der Waals surface area contributed by atoms with Gasteiger partial charge in [0.25, 0.3) is 5.91 Å². The van der Waals surface area contributed by atoms with Crippen molar-refractivity contribution < 1.29 is 19.1 Å². The zero-order valence-corrected chi connectivity index (χ0v) is 15.8. The third-order valence-corrected chi connectivity index (χ3v) is 3.95. The van der Waals surface area contributed by atoms with Gasteiger partial charge in [0.1, 0.15) is 0 Å². The molecule has 0 aliphatic rings. The molecule has 2 atom stereocenters. The first-order valence-corrected chi connectivity index (χ1v) is 8.81. The van der Waals surface area contributed by atoms with E-state index in [2.05, 4.69) is 10.6 Å². The minimum atomic E-state index is -0.995. The van der Waals surface area contributed by atoms with Gasteiger partial charge in [-0.1, -0.05) is 48.0 Å². The molecule has 2 amide bonds. The van der Waals surface area contributed by atoms with E-state index in [0.717, 1.165) is 5.56 Å². The second-order valence-corrected chi connectivity index (χ2v) is 6.44. The number of rotatable bonds is 7. The van der Waals surface area contributed by atoms with Crippen LogP contribution in [0, 0.1) is 0 Å². The number of hydrogen-bond acceptors (Lipinski definition) is 4. The highest BCUT2D eigenvalue weighted by atomic mass is 35.5. The molecule has 0 bridgehead atoms. The maximum atomic E-state index is 12.3. The lowest BCUT2D eigenvalue weighted by molar-refractivity contribution is -0.153. The molecule has 7 heteroatoms. The lowest BCUT2D eigenvalue weighted by Gasteiger charge is -2.19. The topological polar surface area (TPSA) is 84.5 Å². The second kappa shape index (κ2) is 9.73. The van der Waals surface area contributed by atoms with E-state index in [-0.39, 0.29) is 12.3 Å². The predicted octanol–water partition coefficient (Wildman–Crippen LogP) is 3.48. The number of carbonyl (C=O) groups is 3. The van der Waals surface area contributed by atoms with Gasteiger partial charge in [-0.3, -0.25) is 14.4 Å². The Balaban J connectivity index is 1.95. The number of anilines is 1. The van der Waals surface area contributed by atoms with Crippen molar-refractivity contribution in [3.8, 4) is 0 Å². The number of amides is 2. The third-order valence-electron chi connectivity index (χ3n) is 3.72. The van der Waals surface area contributed by atoms with Crippen LogP contribution in [0.15, 0.2) is 54.6 Å². The first-order chi connectivity index (χ1) is 12.8. The molecule has 0 fully saturated rings. The molecule has 0 aromatic heterocycles. The normalized spacial score (nSPS) is 12.6. The zero-order valence-electron chi connectivity index (χ0n) is 15.1. The fourth-order valence-electron chi connectivity index (χ4n) is 2.46. The minimum Gasteiger partial charge on any atom is -0.452 e. The van der Waals surface area contributed by atoms with Crippen LogP contribution in [0.4, 0.5) is 5.69 Å². The van der Waals surface area contributed by atoms with Gasteiger partial charge in [-0.15, -0.1) is 0 Å². The molecule has 2 aromatic rings. The summed E-state index contributed by atoms with van der Waals surface area (Å²) in [5, 5.41) is 5.84. The largest absolute Gasteiger partial charge is 0.452 e. The summed E-state index contributed by atoms with van der Waals surface area (Å²) in [6.07, 6.45) is -1.08. The van der Waals surface area contributed by atoms with Crippen LogP contribution in [0.1, 0.15) is 31.9 Å². The molecule has 6 nitrogen and oxygen atoms in total. The van der Waals surface area contributed by atoms with E-state index in [4.69, 9.17) is 16.3 Å². The Morgan fingerprint density at radius 2 is 1.78 bits per heavy atom. The second-order valence-electron chi connectivity index (χ2n) is 6.00. The van der Waals surface area contributed by atoms with E-state index in [1.807, 2.05) is 30.3 Å². The van der Waals surface area contributed by atoms with Crippen molar-refractivity contribution in [1.82, 2.24) is 5.32 Å². The number of esters is 1. The van der Waals surface area contributed by atoms with Crippen molar-refractivity contribution >= 4 is 35.1 Å². The van der Waals surface area contributed by atoms with Crippen LogP contribution in [0.3, 0.4) is 0 Å². The summed E-state index contributed by atoms with van der Waals surface area (Å²) in [6, 6.07) is 15.2. The van der Waals surface area contributed by atoms with Crippen LogP contribution in [0.25, 0.3) is 0 Å². The van der Waals surface area contributed by atoms with Crippen LogP contribution in [-0.2, 0) is 19.1 Å². The number of carbonyl (C=O) groups excluding carboxylic acids is 3. The van der Waals surface area contributed by atoms with Crippen molar-refractivity contribution in [2.75, 3.05) is 5.32 Å². The Labute approximate surface area is 162 Å². The predicted molar refractivity (Wildman–Crippen MR) is 103 cm³/mol. The van der Waals surface area contributed by atoms with Crippen LogP contribution in [0.2, 0.25) is 5.02 Å². The van der Waals surface area contributed by atoms with Gasteiger partial charge < -0.3 is 15.4 Å². The summed E-state index contributed by atoms with van der Waals surface area (Å²) in [5.41, 5.74) is 1.29. The molecule has 0 aliphatic heterocycles. The van der Waals surface area contributed by atoms with Gasteiger partial charge in [0.05, 0.1) is 12.5 Å². The van der Waals surface area contributed by atoms with Crippen molar-refractivity contribution in [1.29, 1.82) is 0 Å². The van der Waals surface area contributed by atoms with Crippen molar-refractivity contribution in [2.45, 2.75) is 32.4 Å². The lowest BCUT2D eigenvalue weighted by Crippen LogP contribution is -2.33. The van der Waals surface area contributed by atoms with Crippen LogP contribution < -0.4 is 10.6 Å². The van der Waals surface area contributed by atoms with E-state index in [1.165, 1.54) is 13.8 Å². The van der Waals surface area contributed by atoms with E-state index < -0.39 is 24.0 Å². The SMILES string of the molecule is CC(=O)N[C@H](CC(=O)O[C@@H](C)C(=O)Nc1cccc(Cl)c1)c1ccccc1.